The van der Waals surface area contributed by atoms with E-state index in [1.54, 1.807) is 0 Å². The number of hydrogen-bond donors (Lipinski definition) is 0. The van der Waals surface area contributed by atoms with Crippen LogP contribution in [0.3, 0.4) is 0 Å². The Morgan fingerprint density at radius 1 is 1.38 bits per heavy atom. The Morgan fingerprint density at radius 2 is 2.08 bits per heavy atom. The van der Waals surface area contributed by atoms with Gasteiger partial charge < -0.3 is 4.74 Å². The van der Waals surface area contributed by atoms with Gasteiger partial charge in [-0.05, 0) is 18.6 Å². The summed E-state index contributed by atoms with van der Waals surface area (Å²) in [5.41, 5.74) is 1.16. The lowest BCUT2D eigenvalue weighted by atomic mass is 10.2. The molecule has 0 saturated carbocycles. The van der Waals surface area contributed by atoms with Crippen molar-refractivity contribution in [2.24, 2.45) is 0 Å². The molecule has 1 rings (SSSR count). The van der Waals surface area contributed by atoms with Crippen molar-refractivity contribution < 1.29 is 4.74 Å². The molecule has 13 heavy (non-hydrogen) atoms. The van der Waals surface area contributed by atoms with Crippen molar-refractivity contribution >= 4 is 0 Å². The Labute approximate surface area is 79.4 Å². The van der Waals surface area contributed by atoms with Gasteiger partial charge in [-0.1, -0.05) is 43.0 Å². The maximum Gasteiger partial charge on any atom is 0.113 e. The third-order valence-electron chi connectivity index (χ3n) is 1.62. The molecule has 0 heterocycles. The van der Waals surface area contributed by atoms with Gasteiger partial charge in [-0.15, -0.1) is 0 Å². The van der Waals surface area contributed by atoms with Gasteiger partial charge in [0.1, 0.15) is 12.4 Å². The van der Waals surface area contributed by atoms with E-state index >= 15 is 0 Å². The van der Waals surface area contributed by atoms with Gasteiger partial charge in [-0.25, -0.2) is 0 Å². The third-order valence-corrected chi connectivity index (χ3v) is 1.62. The average molecular weight is 174 g/mol. The van der Waals surface area contributed by atoms with E-state index in [4.69, 9.17) is 4.74 Å². The summed E-state index contributed by atoms with van der Waals surface area (Å²) in [6.45, 7) is 6.28. The van der Waals surface area contributed by atoms with Gasteiger partial charge in [-0.2, -0.15) is 0 Å². The molecule has 0 radical (unpaired) electrons. The van der Waals surface area contributed by atoms with E-state index in [0.29, 0.717) is 12.4 Å². The molecule has 1 nitrogen and oxygen atoms in total. The van der Waals surface area contributed by atoms with Crippen molar-refractivity contribution in [1.29, 1.82) is 0 Å². The minimum Gasteiger partial charge on any atom is -0.490 e. The van der Waals surface area contributed by atoms with Gasteiger partial charge >= 0.3 is 0 Å². The molecule has 1 heteroatoms. The summed E-state index contributed by atoms with van der Waals surface area (Å²) >= 11 is 0. The van der Waals surface area contributed by atoms with E-state index in [1.807, 2.05) is 49.4 Å². The molecule has 0 amide bonds. The summed E-state index contributed by atoms with van der Waals surface area (Å²) in [7, 11) is 0. The van der Waals surface area contributed by atoms with Crippen LogP contribution in [-0.2, 0) is 11.3 Å². The van der Waals surface area contributed by atoms with Crippen molar-refractivity contribution in [3.05, 3.63) is 60.4 Å². The Balaban J connectivity index is 2.40. The van der Waals surface area contributed by atoms with Gasteiger partial charge in [0.2, 0.25) is 0 Å². The molecule has 0 bridgehead atoms. The quantitative estimate of drug-likeness (QED) is 0.502. The van der Waals surface area contributed by atoms with E-state index in [0.717, 1.165) is 5.56 Å². The molecule has 0 atom stereocenters. The average Bonchev–Trinajstić information content (AvgIpc) is 2.17. The van der Waals surface area contributed by atoms with Crippen molar-refractivity contribution in [2.75, 3.05) is 0 Å². The maximum atomic E-state index is 5.39. The Bertz CT molecular complexity index is 285. The highest BCUT2D eigenvalue weighted by atomic mass is 16.5. The second-order valence-corrected chi connectivity index (χ2v) is 2.74. The van der Waals surface area contributed by atoms with Crippen LogP contribution in [0.1, 0.15) is 12.5 Å². The topological polar surface area (TPSA) is 9.23 Å². The normalized spacial score (nSPS) is 10.2. The lowest BCUT2D eigenvalue weighted by Crippen LogP contribution is -1.89. The van der Waals surface area contributed by atoms with Gasteiger partial charge in [0.05, 0.1) is 0 Å². The summed E-state index contributed by atoms with van der Waals surface area (Å²) in [6.07, 6.45) is 3.76. The number of ether oxygens (including phenoxy) is 1. The van der Waals surface area contributed by atoms with Crippen LogP contribution in [0, 0.1) is 0 Å². The number of allylic oxidation sites excluding steroid dienone is 2. The summed E-state index contributed by atoms with van der Waals surface area (Å²) in [6, 6.07) is 10.0. The van der Waals surface area contributed by atoms with E-state index in [2.05, 4.69) is 6.58 Å². The zero-order chi connectivity index (χ0) is 9.52. The molecular weight excluding hydrogens is 160 g/mol. The fraction of sp³-hybridized carbons (Fsp3) is 0.167. The van der Waals surface area contributed by atoms with Crippen LogP contribution in [0.4, 0.5) is 0 Å². The van der Waals surface area contributed by atoms with Crippen molar-refractivity contribution in [3.63, 3.8) is 0 Å². The fourth-order valence-corrected chi connectivity index (χ4v) is 0.984. The molecule has 0 aliphatic carbocycles. The monoisotopic (exact) mass is 174 g/mol. The van der Waals surface area contributed by atoms with Crippen LogP contribution in [0.25, 0.3) is 0 Å². The van der Waals surface area contributed by atoms with Crippen molar-refractivity contribution in [3.8, 4) is 0 Å². The first-order chi connectivity index (χ1) is 6.33. The first-order valence-corrected chi connectivity index (χ1v) is 4.31. The van der Waals surface area contributed by atoms with Crippen molar-refractivity contribution in [1.82, 2.24) is 0 Å². The van der Waals surface area contributed by atoms with Crippen LogP contribution in [0.15, 0.2) is 54.8 Å². The molecule has 0 aromatic heterocycles. The summed E-state index contributed by atoms with van der Waals surface area (Å²) < 4.78 is 5.39. The predicted molar refractivity (Wildman–Crippen MR) is 55.2 cm³/mol. The Morgan fingerprint density at radius 3 is 2.69 bits per heavy atom. The van der Waals surface area contributed by atoms with Crippen LogP contribution in [-0.4, -0.2) is 0 Å². The van der Waals surface area contributed by atoms with E-state index in [9.17, 15) is 0 Å². The highest BCUT2D eigenvalue weighted by Gasteiger charge is 1.91. The Hall–Kier alpha value is -1.50. The predicted octanol–water partition coefficient (Wildman–Crippen LogP) is 3.29. The molecule has 0 aliphatic heterocycles. The summed E-state index contributed by atoms with van der Waals surface area (Å²) in [5, 5.41) is 0. The molecule has 0 fully saturated rings. The smallest absolute Gasteiger partial charge is 0.113 e. The minimum absolute atomic E-state index is 0.587. The third kappa shape index (κ3) is 3.61. The van der Waals surface area contributed by atoms with E-state index in [-0.39, 0.29) is 0 Å². The lowest BCUT2D eigenvalue weighted by molar-refractivity contribution is 0.212. The van der Waals surface area contributed by atoms with Gasteiger partial charge in [0, 0.05) is 0 Å². The molecule has 0 unspecified atom stereocenters. The van der Waals surface area contributed by atoms with Gasteiger partial charge in [0.25, 0.3) is 0 Å². The van der Waals surface area contributed by atoms with Crippen LogP contribution < -0.4 is 0 Å². The maximum absolute atomic E-state index is 5.39. The second kappa shape index (κ2) is 5.20. The molecule has 0 spiro atoms. The molecule has 0 saturated heterocycles. The zero-order valence-corrected chi connectivity index (χ0v) is 7.86. The van der Waals surface area contributed by atoms with Gasteiger partial charge in [-0.3, -0.25) is 0 Å². The molecular formula is C12H14O. The van der Waals surface area contributed by atoms with E-state index in [1.165, 1.54) is 0 Å². The summed E-state index contributed by atoms with van der Waals surface area (Å²) in [5.74, 6) is 0.700. The SMILES string of the molecule is C=C(/C=C\C)OCc1ccccc1. The minimum atomic E-state index is 0.587. The summed E-state index contributed by atoms with van der Waals surface area (Å²) in [4.78, 5) is 0. The second-order valence-electron chi connectivity index (χ2n) is 2.74. The highest BCUT2D eigenvalue weighted by Crippen LogP contribution is 2.04. The van der Waals surface area contributed by atoms with Crippen LogP contribution in [0.5, 0.6) is 0 Å². The number of hydrogen-bond acceptors (Lipinski definition) is 1. The van der Waals surface area contributed by atoms with E-state index < -0.39 is 0 Å². The number of rotatable bonds is 4. The fourth-order valence-electron chi connectivity index (χ4n) is 0.984. The van der Waals surface area contributed by atoms with Gasteiger partial charge in [0.15, 0.2) is 0 Å². The zero-order valence-electron chi connectivity index (χ0n) is 7.86. The molecule has 0 N–H and O–H groups in total. The standard InChI is InChI=1S/C12H14O/c1-3-7-11(2)13-10-12-8-5-4-6-9-12/h3-9H,2,10H2,1H3/b7-3-. The van der Waals surface area contributed by atoms with Crippen LogP contribution >= 0.6 is 0 Å². The highest BCUT2D eigenvalue weighted by molar-refractivity contribution is 5.14. The van der Waals surface area contributed by atoms with Crippen molar-refractivity contribution in [2.45, 2.75) is 13.5 Å². The largest absolute Gasteiger partial charge is 0.490 e. The Kier molecular flexibility index (Phi) is 3.83. The first-order valence-electron chi connectivity index (χ1n) is 4.31. The number of benzene rings is 1. The molecule has 1 aromatic rings. The first kappa shape index (κ1) is 9.59. The lowest BCUT2D eigenvalue weighted by Gasteiger charge is -2.04. The van der Waals surface area contributed by atoms with Crippen LogP contribution in [0.2, 0.25) is 0 Å². The molecule has 1 aromatic carbocycles. The molecule has 68 valence electrons. The molecule has 0 aliphatic rings.